The molecule has 0 spiro atoms. The fourth-order valence-electron chi connectivity index (χ4n) is 3.00. The average Bonchev–Trinajstić information content (AvgIpc) is 2.73. The van der Waals surface area contributed by atoms with Crippen molar-refractivity contribution in [3.8, 4) is 0 Å². The Labute approximate surface area is 162 Å². The van der Waals surface area contributed by atoms with Crippen molar-refractivity contribution in [3.63, 3.8) is 0 Å². The highest BCUT2D eigenvalue weighted by molar-refractivity contribution is 5.77. The lowest BCUT2D eigenvalue weighted by molar-refractivity contribution is -0.384. The molecule has 0 unspecified atom stereocenters. The van der Waals surface area contributed by atoms with Crippen LogP contribution in [0.5, 0.6) is 0 Å². The summed E-state index contributed by atoms with van der Waals surface area (Å²) >= 11 is 0. The van der Waals surface area contributed by atoms with Gasteiger partial charge in [0.05, 0.1) is 18.1 Å². The Kier molecular flexibility index (Phi) is 6.74. The van der Waals surface area contributed by atoms with E-state index in [2.05, 4.69) is 20.5 Å². The number of carbonyl (C=O) groups excluding carboxylic acids is 1. The molecule has 148 valence electrons. The number of pyridine rings is 1. The number of amides is 1. The van der Waals surface area contributed by atoms with Crippen molar-refractivity contribution in [2.24, 2.45) is 0 Å². The molecule has 2 N–H and O–H groups in total. The van der Waals surface area contributed by atoms with Gasteiger partial charge in [0.25, 0.3) is 5.69 Å². The van der Waals surface area contributed by atoms with E-state index in [0.717, 1.165) is 24.5 Å². The van der Waals surface area contributed by atoms with E-state index in [0.29, 0.717) is 32.0 Å². The Bertz CT molecular complexity index is 823. The SMILES string of the molecule is O=C(CCNc1ccccc1[N+](=O)[O-])NCc1cccnc1N1CCOCC1. The molecular formula is C19H23N5O4. The van der Waals surface area contributed by atoms with Crippen molar-refractivity contribution >= 4 is 23.1 Å². The van der Waals surface area contributed by atoms with Gasteiger partial charge in [-0.2, -0.15) is 0 Å². The van der Waals surface area contributed by atoms with Crippen LogP contribution in [-0.2, 0) is 16.1 Å². The van der Waals surface area contributed by atoms with Crippen LogP contribution in [0, 0.1) is 10.1 Å². The van der Waals surface area contributed by atoms with E-state index in [9.17, 15) is 14.9 Å². The summed E-state index contributed by atoms with van der Waals surface area (Å²) in [4.78, 5) is 29.3. The summed E-state index contributed by atoms with van der Waals surface area (Å²) in [6, 6.07) is 10.2. The number of aromatic nitrogens is 1. The summed E-state index contributed by atoms with van der Waals surface area (Å²) in [6.07, 6.45) is 1.95. The molecule has 1 aromatic heterocycles. The van der Waals surface area contributed by atoms with Gasteiger partial charge in [0.1, 0.15) is 11.5 Å². The summed E-state index contributed by atoms with van der Waals surface area (Å²) in [5, 5.41) is 16.9. The molecule has 2 heterocycles. The van der Waals surface area contributed by atoms with Crippen molar-refractivity contribution in [1.29, 1.82) is 0 Å². The zero-order valence-corrected chi connectivity index (χ0v) is 15.5. The zero-order chi connectivity index (χ0) is 19.8. The molecule has 0 bridgehead atoms. The molecule has 0 aliphatic carbocycles. The molecular weight excluding hydrogens is 362 g/mol. The molecule has 1 saturated heterocycles. The molecule has 1 fully saturated rings. The second-order valence-corrected chi connectivity index (χ2v) is 6.31. The lowest BCUT2D eigenvalue weighted by Crippen LogP contribution is -2.38. The number of ether oxygens (including phenoxy) is 1. The molecule has 9 heteroatoms. The number of rotatable bonds is 8. The van der Waals surface area contributed by atoms with Gasteiger partial charge < -0.3 is 20.3 Å². The number of nitro benzene ring substituents is 1. The summed E-state index contributed by atoms with van der Waals surface area (Å²) in [5.74, 6) is 0.729. The minimum absolute atomic E-state index is 0.00609. The van der Waals surface area contributed by atoms with Gasteiger partial charge in [0, 0.05) is 50.4 Å². The van der Waals surface area contributed by atoms with Crippen LogP contribution in [0.2, 0.25) is 0 Å². The van der Waals surface area contributed by atoms with E-state index in [-0.39, 0.29) is 18.0 Å². The summed E-state index contributed by atoms with van der Waals surface area (Å²) < 4.78 is 5.37. The highest BCUT2D eigenvalue weighted by Gasteiger charge is 2.16. The van der Waals surface area contributed by atoms with Crippen molar-refractivity contribution in [2.75, 3.05) is 43.1 Å². The number of para-hydroxylation sites is 2. The molecule has 1 aliphatic heterocycles. The first-order valence-electron chi connectivity index (χ1n) is 9.16. The van der Waals surface area contributed by atoms with Crippen molar-refractivity contribution in [2.45, 2.75) is 13.0 Å². The lowest BCUT2D eigenvalue weighted by atomic mass is 10.2. The Morgan fingerprint density at radius 3 is 2.79 bits per heavy atom. The minimum atomic E-state index is -0.446. The zero-order valence-electron chi connectivity index (χ0n) is 15.5. The Balaban J connectivity index is 1.49. The van der Waals surface area contributed by atoms with Crippen LogP contribution in [0.4, 0.5) is 17.2 Å². The Hall–Kier alpha value is -3.20. The molecule has 1 amide bonds. The number of hydrogen-bond acceptors (Lipinski definition) is 7. The Morgan fingerprint density at radius 1 is 1.21 bits per heavy atom. The second-order valence-electron chi connectivity index (χ2n) is 6.31. The van der Waals surface area contributed by atoms with Gasteiger partial charge in [-0.25, -0.2) is 4.98 Å². The van der Waals surface area contributed by atoms with E-state index in [1.165, 1.54) is 6.07 Å². The number of benzene rings is 1. The van der Waals surface area contributed by atoms with E-state index in [4.69, 9.17) is 4.74 Å². The van der Waals surface area contributed by atoms with Gasteiger partial charge in [0.15, 0.2) is 0 Å². The number of nitrogens with one attached hydrogen (secondary N) is 2. The van der Waals surface area contributed by atoms with Crippen LogP contribution < -0.4 is 15.5 Å². The van der Waals surface area contributed by atoms with Crippen LogP contribution in [0.3, 0.4) is 0 Å². The fraction of sp³-hybridized carbons (Fsp3) is 0.368. The first-order chi connectivity index (χ1) is 13.6. The maximum absolute atomic E-state index is 12.2. The number of nitro groups is 1. The summed E-state index contributed by atoms with van der Waals surface area (Å²) in [6.45, 7) is 3.57. The van der Waals surface area contributed by atoms with Crippen LogP contribution in [-0.4, -0.2) is 48.7 Å². The van der Waals surface area contributed by atoms with Gasteiger partial charge in [-0.15, -0.1) is 0 Å². The molecule has 9 nitrogen and oxygen atoms in total. The molecule has 1 aliphatic rings. The number of anilines is 2. The number of hydrogen-bond donors (Lipinski definition) is 2. The third-order valence-electron chi connectivity index (χ3n) is 4.42. The standard InChI is InChI=1S/C19H23N5O4/c25-18(7-9-20-16-5-1-2-6-17(16)24(26)27)22-14-15-4-3-8-21-19(15)23-10-12-28-13-11-23/h1-6,8,20H,7,9-14H2,(H,22,25). The number of nitrogens with zero attached hydrogens (tertiary/aromatic N) is 3. The van der Waals surface area contributed by atoms with Gasteiger partial charge in [-0.1, -0.05) is 18.2 Å². The Morgan fingerprint density at radius 2 is 2.00 bits per heavy atom. The van der Waals surface area contributed by atoms with E-state index < -0.39 is 4.92 Å². The molecule has 3 rings (SSSR count). The molecule has 2 aromatic rings. The van der Waals surface area contributed by atoms with E-state index in [1.807, 2.05) is 12.1 Å². The maximum Gasteiger partial charge on any atom is 0.292 e. The lowest BCUT2D eigenvalue weighted by Gasteiger charge is -2.29. The molecule has 0 radical (unpaired) electrons. The van der Waals surface area contributed by atoms with Crippen molar-refractivity contribution in [1.82, 2.24) is 10.3 Å². The average molecular weight is 385 g/mol. The third kappa shape index (κ3) is 5.17. The third-order valence-corrected chi connectivity index (χ3v) is 4.42. The normalized spacial score (nSPS) is 13.8. The van der Waals surface area contributed by atoms with Crippen molar-refractivity contribution in [3.05, 3.63) is 58.3 Å². The first-order valence-corrected chi connectivity index (χ1v) is 9.16. The van der Waals surface area contributed by atoms with Crippen LogP contribution in [0.1, 0.15) is 12.0 Å². The fourth-order valence-corrected chi connectivity index (χ4v) is 3.00. The first kappa shape index (κ1) is 19.6. The molecule has 0 saturated carbocycles. The van der Waals surface area contributed by atoms with Gasteiger partial charge in [0.2, 0.25) is 5.91 Å². The van der Waals surface area contributed by atoms with Crippen LogP contribution in [0.25, 0.3) is 0 Å². The number of carbonyl (C=O) groups is 1. The summed E-state index contributed by atoms with van der Waals surface area (Å²) in [5.41, 5.74) is 1.35. The molecule has 0 atom stereocenters. The molecule has 1 aromatic carbocycles. The maximum atomic E-state index is 12.2. The van der Waals surface area contributed by atoms with Gasteiger partial charge in [-0.05, 0) is 12.1 Å². The highest BCUT2D eigenvalue weighted by Crippen LogP contribution is 2.23. The smallest absolute Gasteiger partial charge is 0.292 e. The van der Waals surface area contributed by atoms with Gasteiger partial charge >= 0.3 is 0 Å². The summed E-state index contributed by atoms with van der Waals surface area (Å²) in [7, 11) is 0. The van der Waals surface area contributed by atoms with Crippen molar-refractivity contribution < 1.29 is 14.5 Å². The van der Waals surface area contributed by atoms with Crippen LogP contribution >= 0.6 is 0 Å². The largest absolute Gasteiger partial charge is 0.379 e. The second kappa shape index (κ2) is 9.65. The van der Waals surface area contributed by atoms with E-state index >= 15 is 0 Å². The predicted octanol–water partition coefficient (Wildman–Crippen LogP) is 1.94. The highest BCUT2D eigenvalue weighted by atomic mass is 16.6. The van der Waals surface area contributed by atoms with Crippen LogP contribution in [0.15, 0.2) is 42.6 Å². The van der Waals surface area contributed by atoms with Gasteiger partial charge in [-0.3, -0.25) is 14.9 Å². The van der Waals surface area contributed by atoms with E-state index in [1.54, 1.807) is 24.4 Å². The topological polar surface area (TPSA) is 110 Å². The predicted molar refractivity (Wildman–Crippen MR) is 105 cm³/mol. The quantitative estimate of drug-likeness (QED) is 0.528. The molecule has 28 heavy (non-hydrogen) atoms. The number of morpholine rings is 1. The monoisotopic (exact) mass is 385 g/mol. The minimum Gasteiger partial charge on any atom is -0.379 e.